The lowest BCUT2D eigenvalue weighted by molar-refractivity contribution is -0.134. The van der Waals surface area contributed by atoms with Gasteiger partial charge in [0.15, 0.2) is 0 Å². The highest BCUT2D eigenvalue weighted by Gasteiger charge is 2.26. The third-order valence-electron chi connectivity index (χ3n) is 2.82. The van der Waals surface area contributed by atoms with Crippen LogP contribution in [0.5, 0.6) is 0 Å². The largest absolute Gasteiger partial charge is 0.383 e. The maximum Gasteiger partial charge on any atom is 0.242 e. The third kappa shape index (κ3) is 2.97. The van der Waals surface area contributed by atoms with Gasteiger partial charge in [-0.3, -0.25) is 4.79 Å². The minimum Gasteiger partial charge on any atom is -0.383 e. The third-order valence-corrected chi connectivity index (χ3v) is 2.82. The average molecular weight is 257 g/mol. The number of hydrogen-bond donors (Lipinski definition) is 1. The quantitative estimate of drug-likeness (QED) is 0.875. The highest BCUT2D eigenvalue weighted by Crippen LogP contribution is 2.22. The molecule has 0 spiro atoms. The summed E-state index contributed by atoms with van der Waals surface area (Å²) < 4.78 is 4.89. The Labute approximate surface area is 107 Å². The van der Waals surface area contributed by atoms with Crippen LogP contribution in [0.3, 0.4) is 0 Å². The summed E-state index contributed by atoms with van der Waals surface area (Å²) in [5.41, 5.74) is 8.14. The van der Waals surface area contributed by atoms with E-state index in [4.69, 9.17) is 10.5 Å². The lowest BCUT2D eigenvalue weighted by Crippen LogP contribution is -2.43. The van der Waals surface area contributed by atoms with Crippen LogP contribution in [0, 0.1) is 0 Å². The van der Waals surface area contributed by atoms with Crippen molar-refractivity contribution in [3.63, 3.8) is 0 Å². The Morgan fingerprint density at radius 3 is 2.41 bits per heavy atom. The average Bonchev–Trinajstić information content (AvgIpc) is 2.71. The van der Waals surface area contributed by atoms with E-state index in [1.807, 2.05) is 24.3 Å². The fourth-order valence-corrected chi connectivity index (χ4v) is 1.97. The molecular formula is C12H17ClN2O2. The first kappa shape index (κ1) is 14.0. The summed E-state index contributed by atoms with van der Waals surface area (Å²) in [7, 11) is 1.55. The maximum absolute atomic E-state index is 11.9. The number of carbonyl (C=O) groups excluding carboxylic acids is 1. The minimum atomic E-state index is -0.556. The van der Waals surface area contributed by atoms with Crippen LogP contribution in [-0.2, 0) is 22.6 Å². The fraction of sp³-hybridized carbons (Fsp3) is 0.417. The van der Waals surface area contributed by atoms with Crippen molar-refractivity contribution >= 4 is 18.3 Å². The summed E-state index contributed by atoms with van der Waals surface area (Å²) in [6, 6.07) is 7.51. The van der Waals surface area contributed by atoms with Gasteiger partial charge in [0.25, 0.3) is 0 Å². The molecule has 1 aromatic rings. The molecule has 0 saturated carbocycles. The molecule has 1 aliphatic rings. The lowest BCUT2D eigenvalue weighted by Gasteiger charge is -2.19. The number of nitrogens with zero attached hydrogens (tertiary/aromatic N) is 1. The zero-order valence-electron chi connectivity index (χ0n) is 9.76. The highest BCUT2D eigenvalue weighted by molar-refractivity contribution is 5.85. The molecule has 2 rings (SSSR count). The summed E-state index contributed by atoms with van der Waals surface area (Å²) in [6.45, 7) is 1.59. The molecule has 2 N–H and O–H groups in total. The first-order valence-electron chi connectivity index (χ1n) is 5.32. The van der Waals surface area contributed by atoms with E-state index in [1.165, 1.54) is 11.1 Å². The van der Waals surface area contributed by atoms with Crippen molar-refractivity contribution in [3.8, 4) is 0 Å². The molecule has 0 aliphatic carbocycles. The molecule has 1 unspecified atom stereocenters. The molecule has 0 aromatic heterocycles. The zero-order chi connectivity index (χ0) is 11.5. The van der Waals surface area contributed by atoms with Crippen molar-refractivity contribution in [3.05, 3.63) is 35.4 Å². The van der Waals surface area contributed by atoms with Crippen LogP contribution >= 0.6 is 12.4 Å². The zero-order valence-corrected chi connectivity index (χ0v) is 10.6. The van der Waals surface area contributed by atoms with Crippen molar-refractivity contribution in [1.82, 2.24) is 4.90 Å². The van der Waals surface area contributed by atoms with Gasteiger partial charge in [-0.25, -0.2) is 0 Å². The first-order valence-corrected chi connectivity index (χ1v) is 5.32. The van der Waals surface area contributed by atoms with Gasteiger partial charge in [-0.2, -0.15) is 0 Å². The van der Waals surface area contributed by atoms with E-state index in [-0.39, 0.29) is 24.9 Å². The molecule has 0 saturated heterocycles. The number of nitrogens with two attached hydrogens (primary N) is 1. The number of benzene rings is 1. The monoisotopic (exact) mass is 256 g/mol. The standard InChI is InChI=1S/C12H16N2O2.ClH/c1-16-8-11(13)12(15)14-6-9-4-2-3-5-10(9)7-14;/h2-5,11H,6-8,13H2,1H3;1H. The molecular weight excluding hydrogens is 240 g/mol. The van der Waals surface area contributed by atoms with Crippen molar-refractivity contribution in [1.29, 1.82) is 0 Å². The Bertz CT molecular complexity index is 373. The second kappa shape index (κ2) is 6.00. The number of methoxy groups -OCH3 is 1. The summed E-state index contributed by atoms with van der Waals surface area (Å²) >= 11 is 0. The molecule has 17 heavy (non-hydrogen) atoms. The van der Waals surface area contributed by atoms with Crippen LogP contribution in [0.1, 0.15) is 11.1 Å². The Hall–Kier alpha value is -1.10. The van der Waals surface area contributed by atoms with E-state index >= 15 is 0 Å². The molecule has 5 heteroatoms. The van der Waals surface area contributed by atoms with Gasteiger partial charge in [0, 0.05) is 20.2 Å². The van der Waals surface area contributed by atoms with Crippen LogP contribution < -0.4 is 5.73 Å². The normalized spacial score (nSPS) is 15.1. The number of amides is 1. The molecule has 0 radical (unpaired) electrons. The van der Waals surface area contributed by atoms with Gasteiger partial charge in [0.2, 0.25) is 5.91 Å². The molecule has 1 amide bonds. The summed E-state index contributed by atoms with van der Waals surface area (Å²) in [5, 5.41) is 0. The predicted molar refractivity (Wildman–Crippen MR) is 67.8 cm³/mol. The minimum absolute atomic E-state index is 0. The molecule has 1 heterocycles. The second-order valence-electron chi connectivity index (χ2n) is 4.02. The van der Waals surface area contributed by atoms with Gasteiger partial charge < -0.3 is 15.4 Å². The van der Waals surface area contributed by atoms with Gasteiger partial charge in [-0.05, 0) is 11.1 Å². The first-order chi connectivity index (χ1) is 7.72. The number of hydrogen-bond acceptors (Lipinski definition) is 3. The number of rotatable bonds is 3. The van der Waals surface area contributed by atoms with Gasteiger partial charge in [0.05, 0.1) is 6.61 Å². The molecule has 4 nitrogen and oxygen atoms in total. The number of halogens is 1. The Morgan fingerprint density at radius 1 is 1.41 bits per heavy atom. The maximum atomic E-state index is 11.9. The Balaban J connectivity index is 0.00000144. The highest BCUT2D eigenvalue weighted by atomic mass is 35.5. The van der Waals surface area contributed by atoms with E-state index in [2.05, 4.69) is 0 Å². The number of carbonyl (C=O) groups is 1. The van der Waals surface area contributed by atoms with Crippen LogP contribution in [0.2, 0.25) is 0 Å². The fourth-order valence-electron chi connectivity index (χ4n) is 1.97. The van der Waals surface area contributed by atoms with Crippen LogP contribution in [0.4, 0.5) is 0 Å². The van der Waals surface area contributed by atoms with Crippen molar-refractivity contribution in [2.75, 3.05) is 13.7 Å². The Kier molecular flexibility index (Phi) is 4.93. The van der Waals surface area contributed by atoms with Crippen LogP contribution in [0.15, 0.2) is 24.3 Å². The molecule has 1 aliphatic heterocycles. The topological polar surface area (TPSA) is 55.6 Å². The second-order valence-corrected chi connectivity index (χ2v) is 4.02. The predicted octanol–water partition coefficient (Wildman–Crippen LogP) is 0.924. The van der Waals surface area contributed by atoms with Crippen LogP contribution in [-0.4, -0.2) is 30.6 Å². The molecule has 94 valence electrons. The van der Waals surface area contributed by atoms with Gasteiger partial charge in [0.1, 0.15) is 6.04 Å². The van der Waals surface area contributed by atoms with E-state index < -0.39 is 6.04 Å². The van der Waals surface area contributed by atoms with Crippen LogP contribution in [0.25, 0.3) is 0 Å². The smallest absolute Gasteiger partial charge is 0.242 e. The molecule has 0 bridgehead atoms. The SMILES string of the molecule is COCC(N)C(=O)N1Cc2ccccc2C1.Cl. The van der Waals surface area contributed by atoms with E-state index in [0.717, 1.165) is 0 Å². The van der Waals surface area contributed by atoms with E-state index in [1.54, 1.807) is 12.0 Å². The van der Waals surface area contributed by atoms with E-state index in [0.29, 0.717) is 13.1 Å². The summed E-state index contributed by atoms with van der Waals surface area (Å²) in [6.07, 6.45) is 0. The summed E-state index contributed by atoms with van der Waals surface area (Å²) in [5.74, 6) is -0.0435. The van der Waals surface area contributed by atoms with Crippen molar-refractivity contribution in [2.24, 2.45) is 5.73 Å². The van der Waals surface area contributed by atoms with Gasteiger partial charge in [-0.1, -0.05) is 24.3 Å². The van der Waals surface area contributed by atoms with Crippen molar-refractivity contribution in [2.45, 2.75) is 19.1 Å². The van der Waals surface area contributed by atoms with E-state index in [9.17, 15) is 4.79 Å². The Morgan fingerprint density at radius 2 is 1.94 bits per heavy atom. The number of fused-ring (bicyclic) bond motifs is 1. The van der Waals surface area contributed by atoms with Gasteiger partial charge >= 0.3 is 0 Å². The lowest BCUT2D eigenvalue weighted by atomic mass is 10.1. The molecule has 1 atom stereocenters. The summed E-state index contributed by atoms with van der Waals surface area (Å²) in [4.78, 5) is 13.7. The van der Waals surface area contributed by atoms with Gasteiger partial charge in [-0.15, -0.1) is 12.4 Å². The molecule has 0 fully saturated rings. The number of ether oxygens (including phenoxy) is 1. The van der Waals surface area contributed by atoms with Crippen molar-refractivity contribution < 1.29 is 9.53 Å². The molecule has 1 aromatic carbocycles.